The third-order valence-electron chi connectivity index (χ3n) is 2.91. The Balaban J connectivity index is 1.96. The Kier molecular flexibility index (Phi) is 3.26. The van der Waals surface area contributed by atoms with E-state index in [-0.39, 0.29) is 6.10 Å². The van der Waals surface area contributed by atoms with Gasteiger partial charge < -0.3 is 10.0 Å². The van der Waals surface area contributed by atoms with Gasteiger partial charge in [0.25, 0.3) is 0 Å². The second kappa shape index (κ2) is 4.49. The van der Waals surface area contributed by atoms with E-state index in [0.29, 0.717) is 5.92 Å². The van der Waals surface area contributed by atoms with E-state index in [4.69, 9.17) is 0 Å². The van der Waals surface area contributed by atoms with Crippen molar-refractivity contribution in [3.63, 3.8) is 0 Å². The van der Waals surface area contributed by atoms with Gasteiger partial charge in [-0.15, -0.1) is 0 Å². The van der Waals surface area contributed by atoms with Crippen LogP contribution >= 0.6 is 15.9 Å². The van der Waals surface area contributed by atoms with Crippen molar-refractivity contribution < 1.29 is 5.11 Å². The second-order valence-electron chi connectivity index (χ2n) is 4.20. The molecule has 1 saturated carbocycles. The topological polar surface area (TPSA) is 36.4 Å². The lowest BCUT2D eigenvalue weighted by Crippen LogP contribution is -2.37. The van der Waals surface area contributed by atoms with Gasteiger partial charge in [0.05, 0.1) is 16.3 Å². The van der Waals surface area contributed by atoms with Crippen molar-refractivity contribution in [1.82, 2.24) is 4.98 Å². The molecule has 1 aliphatic rings. The number of hydrogen-bond acceptors (Lipinski definition) is 3. The van der Waals surface area contributed by atoms with Gasteiger partial charge in [0.15, 0.2) is 0 Å². The van der Waals surface area contributed by atoms with Crippen LogP contribution in [-0.2, 0) is 0 Å². The molecule has 15 heavy (non-hydrogen) atoms. The molecule has 0 saturated heterocycles. The minimum Gasteiger partial charge on any atom is -0.393 e. The molecule has 0 amide bonds. The summed E-state index contributed by atoms with van der Waals surface area (Å²) in [5, 5.41) is 9.22. The van der Waals surface area contributed by atoms with Gasteiger partial charge in [-0.1, -0.05) is 0 Å². The van der Waals surface area contributed by atoms with Crippen molar-refractivity contribution in [3.8, 4) is 0 Å². The average Bonchev–Trinajstić information content (AvgIpc) is 2.16. The first kappa shape index (κ1) is 10.9. The summed E-state index contributed by atoms with van der Waals surface area (Å²) < 4.78 is 1.02. The quantitative estimate of drug-likeness (QED) is 0.914. The van der Waals surface area contributed by atoms with E-state index >= 15 is 0 Å². The summed E-state index contributed by atoms with van der Waals surface area (Å²) >= 11 is 3.49. The molecule has 1 heterocycles. The van der Waals surface area contributed by atoms with E-state index in [0.717, 1.165) is 29.5 Å². The molecule has 0 bridgehead atoms. The van der Waals surface area contributed by atoms with Crippen LogP contribution in [0.15, 0.2) is 22.9 Å². The summed E-state index contributed by atoms with van der Waals surface area (Å²) in [5.74, 6) is 0.630. The fraction of sp³-hybridized carbons (Fsp3) is 0.545. The molecule has 3 nitrogen and oxygen atoms in total. The van der Waals surface area contributed by atoms with Gasteiger partial charge in [-0.2, -0.15) is 0 Å². The summed E-state index contributed by atoms with van der Waals surface area (Å²) in [6.07, 6.45) is 5.41. The fourth-order valence-corrected chi connectivity index (χ4v) is 2.57. The van der Waals surface area contributed by atoms with Crippen LogP contribution in [0.2, 0.25) is 0 Å². The molecule has 2 rings (SSSR count). The van der Waals surface area contributed by atoms with Crippen molar-refractivity contribution in [2.45, 2.75) is 18.9 Å². The van der Waals surface area contributed by atoms with E-state index in [9.17, 15) is 5.11 Å². The molecule has 0 radical (unpaired) electrons. The molecule has 1 N–H and O–H groups in total. The molecule has 4 heteroatoms. The predicted octanol–water partition coefficient (Wildman–Crippen LogP) is 2.05. The van der Waals surface area contributed by atoms with Crippen LogP contribution in [0.4, 0.5) is 5.69 Å². The number of nitrogens with zero attached hydrogens (tertiary/aromatic N) is 2. The molecule has 82 valence electrons. The Morgan fingerprint density at radius 1 is 1.60 bits per heavy atom. The highest BCUT2D eigenvalue weighted by molar-refractivity contribution is 9.10. The van der Waals surface area contributed by atoms with Crippen LogP contribution in [0.1, 0.15) is 12.8 Å². The molecule has 0 aliphatic heterocycles. The Morgan fingerprint density at radius 2 is 2.33 bits per heavy atom. The molecule has 0 spiro atoms. The lowest BCUT2D eigenvalue weighted by atomic mass is 9.82. The number of aliphatic hydroxyl groups excluding tert-OH is 1. The molecular weight excluding hydrogens is 256 g/mol. The molecule has 0 atom stereocenters. The highest BCUT2D eigenvalue weighted by atomic mass is 79.9. The van der Waals surface area contributed by atoms with Crippen molar-refractivity contribution >= 4 is 21.6 Å². The Bertz CT molecular complexity index is 339. The number of rotatable bonds is 3. The maximum absolute atomic E-state index is 9.22. The summed E-state index contributed by atoms with van der Waals surface area (Å²) in [6.45, 7) is 1.000. The SMILES string of the molecule is CN(CC1CC(O)C1)c1ccncc1Br. The minimum absolute atomic E-state index is 0.0655. The molecule has 1 aromatic heterocycles. The summed E-state index contributed by atoms with van der Waals surface area (Å²) in [5.41, 5.74) is 1.16. The van der Waals surface area contributed by atoms with Gasteiger partial charge in [0, 0.05) is 26.0 Å². The van der Waals surface area contributed by atoms with Crippen LogP contribution in [0.3, 0.4) is 0 Å². The maximum atomic E-state index is 9.22. The largest absolute Gasteiger partial charge is 0.393 e. The van der Waals surface area contributed by atoms with Gasteiger partial charge in [0.1, 0.15) is 0 Å². The third kappa shape index (κ3) is 2.49. The van der Waals surface area contributed by atoms with Crippen LogP contribution in [0.25, 0.3) is 0 Å². The van der Waals surface area contributed by atoms with Crippen molar-refractivity contribution in [3.05, 3.63) is 22.9 Å². The van der Waals surface area contributed by atoms with E-state index in [1.165, 1.54) is 0 Å². The zero-order valence-electron chi connectivity index (χ0n) is 8.73. The van der Waals surface area contributed by atoms with Gasteiger partial charge >= 0.3 is 0 Å². The number of hydrogen-bond donors (Lipinski definition) is 1. The van der Waals surface area contributed by atoms with E-state index in [2.05, 4.69) is 32.9 Å². The smallest absolute Gasteiger partial charge is 0.0592 e. The van der Waals surface area contributed by atoms with Gasteiger partial charge in [0.2, 0.25) is 0 Å². The first-order valence-electron chi connectivity index (χ1n) is 5.15. The van der Waals surface area contributed by atoms with Gasteiger partial charge in [-0.3, -0.25) is 4.98 Å². The van der Waals surface area contributed by atoms with Gasteiger partial charge in [-0.05, 0) is 40.8 Å². The van der Waals surface area contributed by atoms with Crippen LogP contribution in [-0.4, -0.2) is 29.8 Å². The summed E-state index contributed by atoms with van der Waals surface area (Å²) in [7, 11) is 2.07. The van der Waals surface area contributed by atoms with E-state index in [1.807, 2.05) is 6.07 Å². The first-order chi connectivity index (χ1) is 7.16. The number of halogens is 1. The van der Waals surface area contributed by atoms with E-state index < -0.39 is 0 Å². The summed E-state index contributed by atoms with van der Waals surface area (Å²) in [6, 6.07) is 2.00. The van der Waals surface area contributed by atoms with E-state index in [1.54, 1.807) is 12.4 Å². The van der Waals surface area contributed by atoms with Crippen molar-refractivity contribution in [2.75, 3.05) is 18.5 Å². The second-order valence-corrected chi connectivity index (χ2v) is 5.05. The highest BCUT2D eigenvalue weighted by Gasteiger charge is 2.28. The fourth-order valence-electron chi connectivity index (χ4n) is 2.01. The molecular formula is C11H15BrN2O. The summed E-state index contributed by atoms with van der Waals surface area (Å²) in [4.78, 5) is 6.25. The van der Waals surface area contributed by atoms with Crippen molar-refractivity contribution in [2.24, 2.45) is 5.92 Å². The third-order valence-corrected chi connectivity index (χ3v) is 3.52. The Hall–Kier alpha value is -0.610. The number of aliphatic hydroxyl groups is 1. The average molecular weight is 271 g/mol. The molecule has 0 unspecified atom stereocenters. The normalized spacial score (nSPS) is 24.7. The van der Waals surface area contributed by atoms with Crippen LogP contribution in [0, 0.1) is 5.92 Å². The van der Waals surface area contributed by atoms with Crippen LogP contribution in [0.5, 0.6) is 0 Å². The number of anilines is 1. The van der Waals surface area contributed by atoms with Gasteiger partial charge in [-0.25, -0.2) is 0 Å². The molecule has 1 fully saturated rings. The maximum Gasteiger partial charge on any atom is 0.0592 e. The predicted molar refractivity (Wildman–Crippen MR) is 63.9 cm³/mol. The standard InChI is InChI=1S/C11H15BrN2O/c1-14(7-8-4-9(15)5-8)11-2-3-13-6-10(11)12/h2-3,6,8-9,15H,4-5,7H2,1H3. The molecule has 1 aromatic rings. The first-order valence-corrected chi connectivity index (χ1v) is 5.95. The lowest BCUT2D eigenvalue weighted by Gasteiger charge is -2.35. The monoisotopic (exact) mass is 270 g/mol. The Morgan fingerprint density at radius 3 is 2.93 bits per heavy atom. The zero-order valence-corrected chi connectivity index (χ0v) is 10.3. The molecule has 1 aliphatic carbocycles. The molecule has 0 aromatic carbocycles. The minimum atomic E-state index is -0.0655. The zero-order chi connectivity index (χ0) is 10.8. The lowest BCUT2D eigenvalue weighted by molar-refractivity contribution is 0.0464. The Labute approximate surface area is 98.3 Å². The highest BCUT2D eigenvalue weighted by Crippen LogP contribution is 2.31. The number of pyridine rings is 1. The number of aromatic nitrogens is 1. The van der Waals surface area contributed by atoms with Crippen LogP contribution < -0.4 is 4.90 Å². The van der Waals surface area contributed by atoms with Crippen molar-refractivity contribution in [1.29, 1.82) is 0 Å².